The third kappa shape index (κ3) is 2.48. The van der Waals surface area contributed by atoms with Gasteiger partial charge >= 0.3 is 0 Å². The molecular formula is C10H5BrCl2N2. The van der Waals surface area contributed by atoms with E-state index in [1.165, 1.54) is 0 Å². The molecule has 76 valence electrons. The summed E-state index contributed by atoms with van der Waals surface area (Å²) in [5, 5.41) is 1.14. The van der Waals surface area contributed by atoms with Gasteiger partial charge in [0.15, 0.2) is 5.82 Å². The zero-order valence-electron chi connectivity index (χ0n) is 7.42. The Morgan fingerprint density at radius 2 is 1.93 bits per heavy atom. The van der Waals surface area contributed by atoms with Crippen LogP contribution in [0.5, 0.6) is 0 Å². The monoisotopic (exact) mass is 302 g/mol. The van der Waals surface area contributed by atoms with Gasteiger partial charge in [-0.05, 0) is 40.2 Å². The van der Waals surface area contributed by atoms with Gasteiger partial charge in [0.2, 0.25) is 0 Å². The Morgan fingerprint density at radius 3 is 2.60 bits per heavy atom. The molecule has 0 aliphatic heterocycles. The van der Waals surface area contributed by atoms with Gasteiger partial charge in [0.25, 0.3) is 0 Å². The van der Waals surface area contributed by atoms with Crippen LogP contribution < -0.4 is 0 Å². The fourth-order valence-corrected chi connectivity index (χ4v) is 1.92. The third-order valence-electron chi connectivity index (χ3n) is 1.79. The summed E-state index contributed by atoms with van der Waals surface area (Å²) in [5.74, 6) is 0.575. The first-order valence-electron chi connectivity index (χ1n) is 4.11. The van der Waals surface area contributed by atoms with Gasteiger partial charge in [-0.15, -0.1) is 0 Å². The molecule has 2 aromatic rings. The molecule has 0 radical (unpaired) electrons. The van der Waals surface area contributed by atoms with E-state index in [4.69, 9.17) is 23.2 Å². The van der Waals surface area contributed by atoms with E-state index >= 15 is 0 Å². The Kier molecular flexibility index (Phi) is 3.24. The van der Waals surface area contributed by atoms with Crippen LogP contribution >= 0.6 is 39.1 Å². The summed E-state index contributed by atoms with van der Waals surface area (Å²) in [6.45, 7) is 0. The van der Waals surface area contributed by atoms with Crippen molar-refractivity contribution in [1.29, 1.82) is 0 Å². The standard InChI is InChI=1S/C10H5BrCl2N2/c11-9-3-4-14-10(15-9)7-2-1-6(12)5-8(7)13/h1-5H. The third-order valence-corrected chi connectivity index (χ3v) is 2.78. The molecule has 0 amide bonds. The largest absolute Gasteiger partial charge is 0.236 e. The van der Waals surface area contributed by atoms with Crippen LogP contribution in [0.3, 0.4) is 0 Å². The fraction of sp³-hybridized carbons (Fsp3) is 0. The summed E-state index contributed by atoms with van der Waals surface area (Å²) in [6.07, 6.45) is 1.66. The van der Waals surface area contributed by atoms with Crippen molar-refractivity contribution >= 4 is 39.1 Å². The van der Waals surface area contributed by atoms with Crippen molar-refractivity contribution in [2.24, 2.45) is 0 Å². The Bertz CT molecular complexity index is 503. The molecule has 0 N–H and O–H groups in total. The minimum Gasteiger partial charge on any atom is -0.236 e. The topological polar surface area (TPSA) is 25.8 Å². The van der Waals surface area contributed by atoms with Crippen LogP contribution in [0, 0.1) is 0 Å². The predicted molar refractivity (Wildman–Crippen MR) is 65.2 cm³/mol. The summed E-state index contributed by atoms with van der Waals surface area (Å²) in [5.41, 5.74) is 0.766. The van der Waals surface area contributed by atoms with Gasteiger partial charge < -0.3 is 0 Å². The Morgan fingerprint density at radius 1 is 1.13 bits per heavy atom. The lowest BCUT2D eigenvalue weighted by Crippen LogP contribution is -1.89. The van der Waals surface area contributed by atoms with Gasteiger partial charge in [0, 0.05) is 16.8 Å². The maximum absolute atomic E-state index is 6.04. The lowest BCUT2D eigenvalue weighted by molar-refractivity contribution is 1.15. The molecule has 0 saturated heterocycles. The van der Waals surface area contributed by atoms with Gasteiger partial charge in [-0.2, -0.15) is 0 Å². The van der Waals surface area contributed by atoms with E-state index in [-0.39, 0.29) is 0 Å². The number of hydrogen-bond acceptors (Lipinski definition) is 2. The van der Waals surface area contributed by atoms with Crippen LogP contribution in [-0.2, 0) is 0 Å². The first-order valence-corrected chi connectivity index (χ1v) is 5.65. The highest BCUT2D eigenvalue weighted by molar-refractivity contribution is 9.10. The Labute approximate surface area is 105 Å². The van der Waals surface area contributed by atoms with E-state index in [9.17, 15) is 0 Å². The molecule has 2 rings (SSSR count). The van der Waals surface area contributed by atoms with Crippen LogP contribution in [0.25, 0.3) is 11.4 Å². The average Bonchev–Trinajstić information content (AvgIpc) is 2.17. The number of nitrogens with zero attached hydrogens (tertiary/aromatic N) is 2. The molecule has 0 aliphatic carbocycles. The number of aromatic nitrogens is 2. The summed E-state index contributed by atoms with van der Waals surface area (Å²) >= 11 is 15.1. The van der Waals surface area contributed by atoms with Gasteiger partial charge in [0.05, 0.1) is 5.02 Å². The van der Waals surface area contributed by atoms with Crippen LogP contribution in [0.1, 0.15) is 0 Å². The summed E-state index contributed by atoms with van der Waals surface area (Å²) < 4.78 is 0.721. The predicted octanol–water partition coefficient (Wildman–Crippen LogP) is 4.21. The maximum Gasteiger partial charge on any atom is 0.161 e. The number of hydrogen-bond donors (Lipinski definition) is 0. The molecule has 0 saturated carbocycles. The fourth-order valence-electron chi connectivity index (χ4n) is 1.14. The molecule has 0 atom stereocenters. The van der Waals surface area contributed by atoms with E-state index in [0.717, 1.165) is 10.2 Å². The minimum absolute atomic E-state index is 0.542. The number of benzene rings is 1. The second kappa shape index (κ2) is 4.47. The normalized spacial score (nSPS) is 10.3. The summed E-state index contributed by atoms with van der Waals surface area (Å²) in [4.78, 5) is 8.34. The van der Waals surface area contributed by atoms with Crippen LogP contribution in [0.4, 0.5) is 0 Å². The zero-order valence-corrected chi connectivity index (χ0v) is 10.5. The maximum atomic E-state index is 6.04. The molecule has 0 aliphatic rings. The van der Waals surface area contributed by atoms with Gasteiger partial charge in [0.1, 0.15) is 4.60 Å². The zero-order chi connectivity index (χ0) is 10.8. The number of rotatable bonds is 1. The van der Waals surface area contributed by atoms with Crippen molar-refractivity contribution in [2.45, 2.75) is 0 Å². The van der Waals surface area contributed by atoms with Gasteiger partial charge in [-0.25, -0.2) is 9.97 Å². The Hall–Kier alpha value is -0.640. The molecule has 1 heterocycles. The van der Waals surface area contributed by atoms with E-state index in [0.29, 0.717) is 15.9 Å². The van der Waals surface area contributed by atoms with Gasteiger partial charge in [-0.3, -0.25) is 0 Å². The molecule has 15 heavy (non-hydrogen) atoms. The lowest BCUT2D eigenvalue weighted by Gasteiger charge is -2.03. The van der Waals surface area contributed by atoms with Crippen molar-refractivity contribution < 1.29 is 0 Å². The van der Waals surface area contributed by atoms with Crippen molar-refractivity contribution in [3.8, 4) is 11.4 Å². The van der Waals surface area contributed by atoms with Crippen molar-refractivity contribution in [2.75, 3.05) is 0 Å². The van der Waals surface area contributed by atoms with Crippen LogP contribution in [-0.4, -0.2) is 9.97 Å². The van der Waals surface area contributed by atoms with E-state index in [2.05, 4.69) is 25.9 Å². The van der Waals surface area contributed by atoms with E-state index in [1.807, 2.05) is 0 Å². The molecule has 0 spiro atoms. The molecule has 1 aromatic heterocycles. The SMILES string of the molecule is Clc1ccc(-c2nccc(Br)n2)c(Cl)c1. The minimum atomic E-state index is 0.542. The van der Waals surface area contributed by atoms with Crippen molar-refractivity contribution in [3.05, 3.63) is 45.1 Å². The number of halogens is 3. The van der Waals surface area contributed by atoms with Crippen LogP contribution in [0.2, 0.25) is 10.0 Å². The second-order valence-corrected chi connectivity index (χ2v) is 4.48. The molecule has 0 unspecified atom stereocenters. The molecule has 5 heteroatoms. The smallest absolute Gasteiger partial charge is 0.161 e. The molecule has 1 aromatic carbocycles. The van der Waals surface area contributed by atoms with Crippen molar-refractivity contribution in [1.82, 2.24) is 9.97 Å². The highest BCUT2D eigenvalue weighted by Gasteiger charge is 2.06. The van der Waals surface area contributed by atoms with Gasteiger partial charge in [-0.1, -0.05) is 23.2 Å². The van der Waals surface area contributed by atoms with Crippen LogP contribution in [0.15, 0.2) is 35.1 Å². The molecule has 2 nitrogen and oxygen atoms in total. The first kappa shape index (κ1) is 10.9. The molecule has 0 bridgehead atoms. The van der Waals surface area contributed by atoms with E-state index in [1.54, 1.807) is 30.5 Å². The molecule has 0 fully saturated rings. The highest BCUT2D eigenvalue weighted by Crippen LogP contribution is 2.28. The molecular weight excluding hydrogens is 299 g/mol. The van der Waals surface area contributed by atoms with Crippen molar-refractivity contribution in [3.63, 3.8) is 0 Å². The quantitative estimate of drug-likeness (QED) is 0.737. The first-order chi connectivity index (χ1) is 7.16. The average molecular weight is 304 g/mol. The second-order valence-electron chi connectivity index (χ2n) is 2.83. The van der Waals surface area contributed by atoms with E-state index < -0.39 is 0 Å². The Balaban J connectivity index is 2.54. The highest BCUT2D eigenvalue weighted by atomic mass is 79.9. The summed E-state index contributed by atoms with van der Waals surface area (Å²) in [6, 6.07) is 6.98. The lowest BCUT2D eigenvalue weighted by atomic mass is 10.2. The summed E-state index contributed by atoms with van der Waals surface area (Å²) in [7, 11) is 0.